The zero-order valence-corrected chi connectivity index (χ0v) is 16.5. The van der Waals surface area contributed by atoms with Gasteiger partial charge in [-0.3, -0.25) is 15.1 Å². The molecule has 0 aromatic heterocycles. The number of amides is 1. The van der Waals surface area contributed by atoms with Crippen LogP contribution >= 0.6 is 0 Å². The number of benzene rings is 2. The van der Waals surface area contributed by atoms with E-state index in [4.69, 9.17) is 10.5 Å². The summed E-state index contributed by atoms with van der Waals surface area (Å²) in [5.41, 5.74) is 4.76. The van der Waals surface area contributed by atoms with Gasteiger partial charge < -0.3 is 4.90 Å². The molecule has 3 rings (SSSR count). The first-order valence-electron chi connectivity index (χ1n) is 9.67. The summed E-state index contributed by atoms with van der Waals surface area (Å²) in [6, 6.07) is 20.4. The van der Waals surface area contributed by atoms with E-state index >= 15 is 0 Å². The minimum absolute atomic E-state index is 0.000678. The minimum Gasteiger partial charge on any atom is -0.336 e. The lowest BCUT2D eigenvalue weighted by Crippen LogP contribution is -2.48. The van der Waals surface area contributed by atoms with Crippen molar-refractivity contribution in [3.8, 4) is 12.1 Å². The van der Waals surface area contributed by atoms with E-state index in [0.717, 1.165) is 19.6 Å². The predicted molar refractivity (Wildman–Crippen MR) is 117 cm³/mol. The van der Waals surface area contributed by atoms with Crippen molar-refractivity contribution >= 4 is 23.4 Å². The van der Waals surface area contributed by atoms with Crippen molar-refractivity contribution in [3.05, 3.63) is 71.8 Å². The molecule has 0 atom stereocenters. The van der Waals surface area contributed by atoms with E-state index in [1.165, 1.54) is 5.56 Å². The first-order chi connectivity index (χ1) is 14.7. The van der Waals surface area contributed by atoms with Crippen LogP contribution in [0.1, 0.15) is 15.9 Å². The fraction of sp³-hybridized carbons (Fsp3) is 0.217. The highest BCUT2D eigenvalue weighted by molar-refractivity contribution is 6.10. The molecule has 2 aromatic carbocycles. The number of carbonyl (C=O) groups is 1. The molecule has 0 aliphatic carbocycles. The van der Waals surface area contributed by atoms with Gasteiger partial charge in [-0.2, -0.15) is 15.6 Å². The second-order valence-corrected chi connectivity index (χ2v) is 6.78. The smallest absolute Gasteiger partial charge is 0.253 e. The second kappa shape index (κ2) is 10.6. The molecule has 150 valence electrons. The Balaban J connectivity index is 1.48. The molecule has 0 saturated carbocycles. The average molecular weight is 398 g/mol. The third-order valence-corrected chi connectivity index (χ3v) is 4.77. The fourth-order valence-corrected chi connectivity index (χ4v) is 3.10. The number of nitrogens with one attached hydrogen (secondary N) is 1. The Morgan fingerprint density at radius 1 is 1.00 bits per heavy atom. The third kappa shape index (κ3) is 5.78. The molecule has 30 heavy (non-hydrogen) atoms. The Labute approximate surface area is 176 Å². The highest BCUT2D eigenvalue weighted by atomic mass is 16.2. The number of rotatable bonds is 6. The molecule has 1 aliphatic rings. The molecular formula is C23H22N6O. The molecule has 7 heteroatoms. The van der Waals surface area contributed by atoms with E-state index in [1.807, 2.05) is 23.1 Å². The number of hydrazone groups is 1. The number of hydrogen-bond acceptors (Lipinski definition) is 6. The van der Waals surface area contributed by atoms with Crippen LogP contribution in [0.25, 0.3) is 6.08 Å². The predicted octanol–water partition coefficient (Wildman–Crippen LogP) is 2.97. The number of nitriles is 2. The van der Waals surface area contributed by atoms with Crippen molar-refractivity contribution in [1.29, 1.82) is 10.5 Å². The van der Waals surface area contributed by atoms with Gasteiger partial charge in [0, 0.05) is 38.3 Å². The van der Waals surface area contributed by atoms with Crippen LogP contribution in [0, 0.1) is 22.7 Å². The summed E-state index contributed by atoms with van der Waals surface area (Å²) in [6.45, 7) is 3.92. The minimum atomic E-state index is -0.258. The highest BCUT2D eigenvalue weighted by Gasteiger charge is 2.21. The molecule has 0 radical (unpaired) electrons. The fourth-order valence-electron chi connectivity index (χ4n) is 3.10. The van der Waals surface area contributed by atoms with E-state index < -0.39 is 0 Å². The van der Waals surface area contributed by atoms with Crippen molar-refractivity contribution in [1.82, 2.24) is 9.80 Å². The molecule has 0 spiro atoms. The second-order valence-electron chi connectivity index (χ2n) is 6.78. The van der Waals surface area contributed by atoms with E-state index in [-0.39, 0.29) is 11.6 Å². The summed E-state index contributed by atoms with van der Waals surface area (Å²) in [7, 11) is 0. The summed E-state index contributed by atoms with van der Waals surface area (Å²) < 4.78 is 0. The lowest BCUT2D eigenvalue weighted by atomic mass is 10.1. The van der Waals surface area contributed by atoms with Crippen LogP contribution in [0.2, 0.25) is 0 Å². The van der Waals surface area contributed by atoms with E-state index in [1.54, 1.807) is 36.4 Å². The number of piperazine rings is 1. The largest absolute Gasteiger partial charge is 0.336 e. The Hall–Kier alpha value is -3.94. The maximum absolute atomic E-state index is 12.7. The molecule has 7 nitrogen and oxygen atoms in total. The topological polar surface area (TPSA) is 95.5 Å². The summed E-state index contributed by atoms with van der Waals surface area (Å²) in [5.74, 6) is -0.000678. The highest BCUT2D eigenvalue weighted by Crippen LogP contribution is 2.13. The molecule has 1 fully saturated rings. The summed E-state index contributed by atoms with van der Waals surface area (Å²) in [4.78, 5) is 16.9. The van der Waals surface area contributed by atoms with Crippen LogP contribution in [-0.4, -0.2) is 54.1 Å². The van der Waals surface area contributed by atoms with Crippen LogP contribution in [0.4, 0.5) is 5.69 Å². The van der Waals surface area contributed by atoms with Gasteiger partial charge in [-0.25, -0.2) is 0 Å². The van der Waals surface area contributed by atoms with Crippen molar-refractivity contribution in [3.63, 3.8) is 0 Å². The summed E-state index contributed by atoms with van der Waals surface area (Å²) in [6.07, 6.45) is 4.28. The van der Waals surface area contributed by atoms with Gasteiger partial charge in [0.25, 0.3) is 5.91 Å². The van der Waals surface area contributed by atoms with Crippen LogP contribution < -0.4 is 5.43 Å². The Morgan fingerprint density at radius 3 is 2.30 bits per heavy atom. The van der Waals surface area contributed by atoms with Crippen molar-refractivity contribution in [2.45, 2.75) is 0 Å². The molecule has 0 bridgehead atoms. The average Bonchev–Trinajstić information content (AvgIpc) is 2.81. The quantitative estimate of drug-likeness (QED) is 0.596. The summed E-state index contributed by atoms with van der Waals surface area (Å²) in [5, 5.41) is 21.1. The van der Waals surface area contributed by atoms with Gasteiger partial charge in [0.05, 0.1) is 5.69 Å². The maximum Gasteiger partial charge on any atom is 0.253 e. The number of nitrogens with zero attached hydrogens (tertiary/aromatic N) is 5. The third-order valence-electron chi connectivity index (χ3n) is 4.77. The SMILES string of the molecule is N#CC(C#N)=NNc1ccc(C(=O)N2CCN(CC=Cc3ccccc3)CC2)cc1. The van der Waals surface area contributed by atoms with E-state index in [0.29, 0.717) is 24.3 Å². The molecule has 2 aromatic rings. The molecule has 1 amide bonds. The molecule has 1 aliphatic heterocycles. The van der Waals surface area contributed by atoms with Crippen molar-refractivity contribution in [2.75, 3.05) is 38.1 Å². The van der Waals surface area contributed by atoms with Gasteiger partial charge in [0.15, 0.2) is 0 Å². The first-order valence-corrected chi connectivity index (χ1v) is 9.67. The lowest BCUT2D eigenvalue weighted by molar-refractivity contribution is 0.0650. The first kappa shape index (κ1) is 20.8. The van der Waals surface area contributed by atoms with Crippen LogP contribution in [0.5, 0.6) is 0 Å². The van der Waals surface area contributed by atoms with Gasteiger partial charge in [-0.15, -0.1) is 0 Å². The normalized spacial score (nSPS) is 14.0. The number of anilines is 1. The van der Waals surface area contributed by atoms with Crippen molar-refractivity contribution in [2.24, 2.45) is 5.10 Å². The van der Waals surface area contributed by atoms with Gasteiger partial charge in [0.2, 0.25) is 5.71 Å². The molecule has 1 N–H and O–H groups in total. The monoisotopic (exact) mass is 398 g/mol. The molecular weight excluding hydrogens is 376 g/mol. The van der Waals surface area contributed by atoms with Gasteiger partial charge in [0.1, 0.15) is 12.1 Å². The Morgan fingerprint density at radius 2 is 1.67 bits per heavy atom. The zero-order valence-electron chi connectivity index (χ0n) is 16.5. The van der Waals surface area contributed by atoms with Crippen LogP contribution in [0.3, 0.4) is 0 Å². The molecule has 1 saturated heterocycles. The van der Waals surface area contributed by atoms with E-state index in [2.05, 4.69) is 39.7 Å². The van der Waals surface area contributed by atoms with Crippen LogP contribution in [-0.2, 0) is 0 Å². The zero-order chi connectivity index (χ0) is 21.2. The van der Waals surface area contributed by atoms with Gasteiger partial charge in [-0.1, -0.05) is 42.5 Å². The van der Waals surface area contributed by atoms with E-state index in [9.17, 15) is 4.79 Å². The number of hydrogen-bond donors (Lipinski definition) is 1. The van der Waals surface area contributed by atoms with Gasteiger partial charge in [-0.05, 0) is 29.8 Å². The number of carbonyl (C=O) groups excluding carboxylic acids is 1. The maximum atomic E-state index is 12.7. The van der Waals surface area contributed by atoms with Crippen molar-refractivity contribution < 1.29 is 4.79 Å². The Kier molecular flexibility index (Phi) is 7.32. The lowest BCUT2D eigenvalue weighted by Gasteiger charge is -2.34. The Bertz CT molecular complexity index is 975. The molecule has 0 unspecified atom stereocenters. The van der Waals surface area contributed by atoms with Crippen LogP contribution in [0.15, 0.2) is 65.8 Å². The van der Waals surface area contributed by atoms with Gasteiger partial charge >= 0.3 is 0 Å². The summed E-state index contributed by atoms with van der Waals surface area (Å²) >= 11 is 0. The standard InChI is InChI=1S/C23H22N6O/c24-17-22(18-25)27-26-21-10-8-20(9-11-21)23(30)29-15-13-28(14-16-29)12-4-7-19-5-2-1-3-6-19/h1-11,26H,12-16H2. The molecule has 1 heterocycles.